The Hall–Kier alpha value is -2.86. The SMILES string of the molecule is CCOC(=O)[C@@H]1C(=O)C=C(c2ccc(OC)cc2OC)C[C@@H]1c1c(F)cccc1Cl. The summed E-state index contributed by atoms with van der Waals surface area (Å²) < 4.78 is 30.5. The third-order valence-corrected chi connectivity index (χ3v) is 5.46. The maximum Gasteiger partial charge on any atom is 0.317 e. The van der Waals surface area contributed by atoms with Crippen molar-refractivity contribution in [2.45, 2.75) is 19.3 Å². The molecule has 0 spiro atoms. The quantitative estimate of drug-likeness (QED) is 0.484. The molecule has 0 aliphatic heterocycles. The maximum atomic E-state index is 14.7. The molecular formula is C23H22ClFO5. The minimum Gasteiger partial charge on any atom is -0.497 e. The van der Waals surface area contributed by atoms with Crippen LogP contribution in [0.5, 0.6) is 11.5 Å². The number of allylic oxidation sites excluding steroid dienone is 2. The van der Waals surface area contributed by atoms with Gasteiger partial charge in [0.25, 0.3) is 0 Å². The Morgan fingerprint density at radius 1 is 1.20 bits per heavy atom. The molecule has 1 aliphatic carbocycles. The number of carbonyl (C=O) groups excluding carboxylic acids is 2. The van der Waals surface area contributed by atoms with Gasteiger partial charge in [0.2, 0.25) is 0 Å². The van der Waals surface area contributed by atoms with Crippen LogP contribution in [0, 0.1) is 11.7 Å². The van der Waals surface area contributed by atoms with Crippen molar-refractivity contribution in [3.05, 3.63) is 64.4 Å². The molecular weight excluding hydrogens is 411 g/mol. The van der Waals surface area contributed by atoms with E-state index >= 15 is 0 Å². The first-order valence-electron chi connectivity index (χ1n) is 9.48. The fourth-order valence-electron chi connectivity index (χ4n) is 3.77. The van der Waals surface area contributed by atoms with Gasteiger partial charge in [0.1, 0.15) is 23.2 Å². The predicted octanol–water partition coefficient (Wildman–Crippen LogP) is 4.82. The van der Waals surface area contributed by atoms with Gasteiger partial charge in [-0.2, -0.15) is 0 Å². The highest BCUT2D eigenvalue weighted by molar-refractivity contribution is 6.31. The predicted molar refractivity (Wildman–Crippen MR) is 111 cm³/mol. The number of hydrogen-bond acceptors (Lipinski definition) is 5. The summed E-state index contributed by atoms with van der Waals surface area (Å²) in [6.45, 7) is 1.77. The first-order valence-corrected chi connectivity index (χ1v) is 9.86. The Morgan fingerprint density at radius 3 is 2.60 bits per heavy atom. The molecule has 0 bridgehead atoms. The van der Waals surface area contributed by atoms with Crippen molar-refractivity contribution in [3.8, 4) is 11.5 Å². The molecule has 0 unspecified atom stereocenters. The molecule has 0 saturated carbocycles. The largest absolute Gasteiger partial charge is 0.497 e. The van der Waals surface area contributed by atoms with Crippen LogP contribution in [-0.2, 0) is 14.3 Å². The number of methoxy groups -OCH3 is 2. The zero-order valence-corrected chi connectivity index (χ0v) is 17.7. The highest BCUT2D eigenvalue weighted by Crippen LogP contribution is 2.45. The number of carbonyl (C=O) groups is 2. The van der Waals surface area contributed by atoms with E-state index in [0.29, 0.717) is 22.6 Å². The lowest BCUT2D eigenvalue weighted by Gasteiger charge is -2.30. The van der Waals surface area contributed by atoms with Crippen LogP contribution >= 0.6 is 11.6 Å². The van der Waals surface area contributed by atoms with Crippen molar-refractivity contribution >= 4 is 28.9 Å². The molecule has 0 heterocycles. The van der Waals surface area contributed by atoms with Gasteiger partial charge in [-0.05, 0) is 49.3 Å². The zero-order valence-electron chi connectivity index (χ0n) is 16.9. The molecule has 2 atom stereocenters. The number of benzene rings is 2. The Morgan fingerprint density at radius 2 is 1.97 bits per heavy atom. The van der Waals surface area contributed by atoms with Crippen LogP contribution in [0.25, 0.3) is 5.57 Å². The number of rotatable bonds is 6. The summed E-state index contributed by atoms with van der Waals surface area (Å²) in [7, 11) is 3.05. The molecule has 0 N–H and O–H groups in total. The number of hydrogen-bond donors (Lipinski definition) is 0. The molecule has 1 aliphatic rings. The monoisotopic (exact) mass is 432 g/mol. The topological polar surface area (TPSA) is 61.8 Å². The molecule has 2 aromatic carbocycles. The van der Waals surface area contributed by atoms with Gasteiger partial charge in [0.15, 0.2) is 5.78 Å². The second kappa shape index (κ2) is 9.30. The molecule has 158 valence electrons. The molecule has 0 radical (unpaired) electrons. The van der Waals surface area contributed by atoms with Gasteiger partial charge in [-0.15, -0.1) is 0 Å². The Bertz CT molecular complexity index is 981. The van der Waals surface area contributed by atoms with Crippen molar-refractivity contribution < 1.29 is 28.2 Å². The number of ketones is 1. The first-order chi connectivity index (χ1) is 14.4. The van der Waals surface area contributed by atoms with E-state index in [9.17, 15) is 14.0 Å². The van der Waals surface area contributed by atoms with Crippen LogP contribution in [-0.4, -0.2) is 32.6 Å². The van der Waals surface area contributed by atoms with E-state index in [0.717, 1.165) is 0 Å². The van der Waals surface area contributed by atoms with Crippen molar-refractivity contribution in [1.82, 2.24) is 0 Å². The summed E-state index contributed by atoms with van der Waals surface area (Å²) >= 11 is 6.29. The second-order valence-electron chi connectivity index (χ2n) is 6.81. The van der Waals surface area contributed by atoms with E-state index < -0.39 is 29.4 Å². The summed E-state index contributed by atoms with van der Waals surface area (Å²) in [6, 6.07) is 9.49. The Balaban J connectivity index is 2.13. The smallest absolute Gasteiger partial charge is 0.317 e. The van der Waals surface area contributed by atoms with Gasteiger partial charge in [0, 0.05) is 28.1 Å². The summed E-state index contributed by atoms with van der Waals surface area (Å²) in [4.78, 5) is 25.6. The summed E-state index contributed by atoms with van der Waals surface area (Å²) in [5, 5.41) is 0.157. The summed E-state index contributed by atoms with van der Waals surface area (Å²) in [5.41, 5.74) is 1.40. The van der Waals surface area contributed by atoms with Crippen molar-refractivity contribution in [2.24, 2.45) is 5.92 Å². The molecule has 0 aromatic heterocycles. The van der Waals surface area contributed by atoms with Crippen molar-refractivity contribution in [3.63, 3.8) is 0 Å². The fourth-order valence-corrected chi connectivity index (χ4v) is 4.07. The van der Waals surface area contributed by atoms with Gasteiger partial charge in [0.05, 0.1) is 20.8 Å². The standard InChI is InChI=1S/C23H22ClFO5/c1-4-30-23(27)22-16(21-17(24)6-5-7-18(21)25)10-13(11-19(22)26)15-9-8-14(28-2)12-20(15)29-3/h5-9,11-12,16,22H,4,10H2,1-3H3/t16-,22+/m1/s1. The van der Waals surface area contributed by atoms with Crippen LogP contribution in [0.15, 0.2) is 42.5 Å². The maximum absolute atomic E-state index is 14.7. The van der Waals surface area contributed by atoms with Crippen LogP contribution < -0.4 is 9.47 Å². The van der Waals surface area contributed by atoms with E-state index in [1.165, 1.54) is 32.4 Å². The van der Waals surface area contributed by atoms with E-state index in [2.05, 4.69) is 0 Å². The third kappa shape index (κ3) is 4.19. The van der Waals surface area contributed by atoms with E-state index in [1.54, 1.807) is 31.2 Å². The second-order valence-corrected chi connectivity index (χ2v) is 7.22. The van der Waals surface area contributed by atoms with Crippen molar-refractivity contribution in [1.29, 1.82) is 0 Å². The summed E-state index contributed by atoms with van der Waals surface area (Å²) in [5.74, 6) is -2.61. The normalized spacial score (nSPS) is 18.6. The van der Waals surface area contributed by atoms with Gasteiger partial charge < -0.3 is 14.2 Å². The van der Waals surface area contributed by atoms with E-state index in [1.807, 2.05) is 0 Å². The lowest BCUT2D eigenvalue weighted by atomic mass is 9.73. The van der Waals surface area contributed by atoms with Gasteiger partial charge >= 0.3 is 5.97 Å². The van der Waals surface area contributed by atoms with Crippen LogP contribution in [0.4, 0.5) is 4.39 Å². The number of ether oxygens (including phenoxy) is 3. The zero-order chi connectivity index (χ0) is 21.8. The average molecular weight is 433 g/mol. The third-order valence-electron chi connectivity index (χ3n) is 5.13. The minimum atomic E-state index is -1.17. The van der Waals surface area contributed by atoms with E-state index in [-0.39, 0.29) is 23.6 Å². The Labute approximate surface area is 179 Å². The molecule has 0 fully saturated rings. The van der Waals surface area contributed by atoms with Gasteiger partial charge in [-0.25, -0.2) is 4.39 Å². The minimum absolute atomic E-state index is 0.114. The van der Waals surface area contributed by atoms with Crippen LogP contribution in [0.2, 0.25) is 5.02 Å². The molecule has 3 rings (SSSR count). The van der Waals surface area contributed by atoms with Gasteiger partial charge in [-0.1, -0.05) is 17.7 Å². The Kier molecular flexibility index (Phi) is 6.77. The van der Waals surface area contributed by atoms with Crippen molar-refractivity contribution in [2.75, 3.05) is 20.8 Å². The molecule has 2 aromatic rings. The lowest BCUT2D eigenvalue weighted by Crippen LogP contribution is -2.34. The lowest BCUT2D eigenvalue weighted by molar-refractivity contribution is -0.151. The molecule has 30 heavy (non-hydrogen) atoms. The highest BCUT2D eigenvalue weighted by Gasteiger charge is 2.42. The first kappa shape index (κ1) is 21.8. The fraction of sp³-hybridized carbons (Fsp3) is 0.304. The average Bonchev–Trinajstić information content (AvgIpc) is 2.72. The summed E-state index contributed by atoms with van der Waals surface area (Å²) in [6.07, 6.45) is 1.61. The number of esters is 1. The number of halogens is 2. The van der Waals surface area contributed by atoms with Crippen LogP contribution in [0.1, 0.15) is 30.4 Å². The van der Waals surface area contributed by atoms with E-state index in [4.69, 9.17) is 25.8 Å². The highest BCUT2D eigenvalue weighted by atomic mass is 35.5. The molecule has 0 saturated heterocycles. The molecule has 7 heteroatoms. The van der Waals surface area contributed by atoms with Gasteiger partial charge in [-0.3, -0.25) is 9.59 Å². The van der Waals surface area contributed by atoms with Crippen LogP contribution in [0.3, 0.4) is 0 Å². The molecule has 5 nitrogen and oxygen atoms in total. The molecule has 0 amide bonds.